The van der Waals surface area contributed by atoms with E-state index in [1.165, 1.54) is 0 Å². The molecule has 2 nitrogen and oxygen atoms in total. The summed E-state index contributed by atoms with van der Waals surface area (Å²) in [5, 5.41) is 0. The molecule has 1 aliphatic carbocycles. The Morgan fingerprint density at radius 2 is 1.80 bits per heavy atom. The number of hydrogen-bond acceptors (Lipinski definition) is 4. The Morgan fingerprint density at radius 3 is 2.55 bits per heavy atom. The van der Waals surface area contributed by atoms with Crippen LogP contribution in [0.2, 0.25) is 0 Å². The molecule has 0 fully saturated rings. The second kappa shape index (κ2) is 5.77. The standard InChI is InChI=1S/C16H12O2S2/c1-19-20-12-8-5-9-13-14(10-12)18-16(17)15(13)11-6-3-2-4-7-11/h2-10H,1H3. The van der Waals surface area contributed by atoms with Crippen molar-refractivity contribution in [3.8, 4) is 22.5 Å². The van der Waals surface area contributed by atoms with Gasteiger partial charge in [0.1, 0.15) is 5.76 Å². The maximum Gasteiger partial charge on any atom is 0.344 e. The third-order valence-electron chi connectivity index (χ3n) is 2.98. The van der Waals surface area contributed by atoms with E-state index in [1.54, 1.807) is 21.6 Å². The zero-order chi connectivity index (χ0) is 13.9. The first-order valence-electron chi connectivity index (χ1n) is 6.12. The van der Waals surface area contributed by atoms with Crippen LogP contribution in [-0.4, -0.2) is 6.26 Å². The minimum Gasteiger partial charge on any atom is -0.422 e. The van der Waals surface area contributed by atoms with Crippen molar-refractivity contribution in [3.63, 3.8) is 0 Å². The van der Waals surface area contributed by atoms with Crippen LogP contribution in [0.3, 0.4) is 0 Å². The number of furan rings is 1. The third-order valence-corrected chi connectivity index (χ3v) is 4.67. The van der Waals surface area contributed by atoms with Gasteiger partial charge in [0, 0.05) is 10.5 Å². The largest absolute Gasteiger partial charge is 0.422 e. The number of benzene rings is 1. The third kappa shape index (κ3) is 2.49. The topological polar surface area (TPSA) is 30.2 Å². The van der Waals surface area contributed by atoms with Gasteiger partial charge in [-0.25, -0.2) is 4.79 Å². The molecule has 4 heteroatoms. The van der Waals surface area contributed by atoms with E-state index in [2.05, 4.69) is 0 Å². The van der Waals surface area contributed by atoms with Crippen molar-refractivity contribution in [3.05, 3.63) is 65.0 Å². The minimum absolute atomic E-state index is 0.280. The highest BCUT2D eigenvalue weighted by Crippen LogP contribution is 2.35. The lowest BCUT2D eigenvalue weighted by atomic mass is 10.0. The van der Waals surface area contributed by atoms with E-state index < -0.39 is 0 Å². The second-order valence-corrected chi connectivity index (χ2v) is 6.70. The van der Waals surface area contributed by atoms with Gasteiger partial charge in [-0.3, -0.25) is 0 Å². The molecule has 0 spiro atoms. The molecule has 2 aliphatic rings. The van der Waals surface area contributed by atoms with Gasteiger partial charge in [-0.05, 0) is 24.0 Å². The lowest BCUT2D eigenvalue weighted by Crippen LogP contribution is -1.95. The highest BCUT2D eigenvalue weighted by molar-refractivity contribution is 8.76. The van der Waals surface area contributed by atoms with Gasteiger partial charge in [-0.15, -0.1) is 0 Å². The van der Waals surface area contributed by atoms with Gasteiger partial charge < -0.3 is 4.42 Å². The second-order valence-electron chi connectivity index (χ2n) is 4.23. The molecule has 1 heterocycles. The van der Waals surface area contributed by atoms with Gasteiger partial charge in [-0.2, -0.15) is 0 Å². The molecule has 100 valence electrons. The highest BCUT2D eigenvalue weighted by atomic mass is 33.1. The van der Waals surface area contributed by atoms with Crippen LogP contribution in [0.15, 0.2) is 68.7 Å². The molecule has 20 heavy (non-hydrogen) atoms. The summed E-state index contributed by atoms with van der Waals surface area (Å²) in [6.07, 6.45) is 2.02. The normalized spacial score (nSPS) is 10.8. The zero-order valence-corrected chi connectivity index (χ0v) is 12.5. The molecule has 0 aromatic heterocycles. The zero-order valence-electron chi connectivity index (χ0n) is 10.8. The Kier molecular flexibility index (Phi) is 3.85. The first-order valence-corrected chi connectivity index (χ1v) is 8.68. The van der Waals surface area contributed by atoms with Crippen molar-refractivity contribution in [2.24, 2.45) is 0 Å². The molecule has 0 N–H and O–H groups in total. The summed E-state index contributed by atoms with van der Waals surface area (Å²) in [6, 6.07) is 17.5. The van der Waals surface area contributed by atoms with E-state index in [4.69, 9.17) is 4.42 Å². The SMILES string of the molecule is CSSc1cccc2c(-c3ccccc3)c(=O)oc-2c1. The van der Waals surface area contributed by atoms with Crippen LogP contribution < -0.4 is 5.63 Å². The maximum atomic E-state index is 12.1. The fourth-order valence-electron chi connectivity index (χ4n) is 2.15. The van der Waals surface area contributed by atoms with Crippen LogP contribution in [0.5, 0.6) is 0 Å². The molecule has 3 rings (SSSR count). The van der Waals surface area contributed by atoms with E-state index in [9.17, 15) is 4.79 Å². The summed E-state index contributed by atoms with van der Waals surface area (Å²) in [4.78, 5) is 13.2. The van der Waals surface area contributed by atoms with Crippen LogP contribution in [0, 0.1) is 0 Å². The molecular weight excluding hydrogens is 288 g/mol. The van der Waals surface area contributed by atoms with Crippen molar-refractivity contribution in [1.82, 2.24) is 0 Å². The minimum atomic E-state index is -0.280. The summed E-state index contributed by atoms with van der Waals surface area (Å²) in [5.41, 5.74) is 2.10. The van der Waals surface area contributed by atoms with Crippen molar-refractivity contribution in [2.45, 2.75) is 4.90 Å². The summed E-state index contributed by atoms with van der Waals surface area (Å²) in [5.74, 6) is 0.635. The Labute approximate surface area is 125 Å². The van der Waals surface area contributed by atoms with Crippen molar-refractivity contribution >= 4 is 21.6 Å². The lowest BCUT2D eigenvalue weighted by molar-refractivity contribution is 0.545. The van der Waals surface area contributed by atoms with Crippen LogP contribution in [0.4, 0.5) is 0 Å². The van der Waals surface area contributed by atoms with E-state index in [0.29, 0.717) is 11.3 Å². The van der Waals surface area contributed by atoms with Crippen molar-refractivity contribution < 1.29 is 4.42 Å². The quantitative estimate of drug-likeness (QED) is 0.651. The molecule has 0 saturated heterocycles. The molecule has 0 atom stereocenters. The lowest BCUT2D eigenvalue weighted by Gasteiger charge is -1.97. The molecule has 1 aliphatic heterocycles. The number of hydrogen-bond donors (Lipinski definition) is 0. The Balaban J connectivity index is 2.19. The van der Waals surface area contributed by atoms with E-state index in [-0.39, 0.29) is 5.63 Å². The Morgan fingerprint density at radius 1 is 1.00 bits per heavy atom. The maximum absolute atomic E-state index is 12.1. The first kappa shape index (κ1) is 13.3. The molecule has 0 unspecified atom stereocenters. The molecule has 0 radical (unpaired) electrons. The number of fused-ring (bicyclic) bond motifs is 1. The Bertz CT molecular complexity index is 750. The van der Waals surface area contributed by atoms with E-state index >= 15 is 0 Å². The summed E-state index contributed by atoms with van der Waals surface area (Å²) < 4.78 is 5.42. The van der Waals surface area contributed by atoms with Crippen LogP contribution in [-0.2, 0) is 0 Å². The predicted molar refractivity (Wildman–Crippen MR) is 86.4 cm³/mol. The van der Waals surface area contributed by atoms with Gasteiger partial charge in [0.25, 0.3) is 0 Å². The van der Waals surface area contributed by atoms with Gasteiger partial charge in [0.05, 0.1) is 5.56 Å². The molecule has 0 amide bonds. The fourth-order valence-corrected chi connectivity index (χ4v) is 3.52. The average molecular weight is 300 g/mol. The van der Waals surface area contributed by atoms with Gasteiger partial charge in [0.2, 0.25) is 0 Å². The fraction of sp³-hybridized carbons (Fsp3) is 0.0625. The van der Waals surface area contributed by atoms with Crippen molar-refractivity contribution in [1.29, 1.82) is 0 Å². The van der Waals surface area contributed by atoms with Crippen LogP contribution in [0.25, 0.3) is 22.5 Å². The molecular formula is C16H12O2S2. The van der Waals surface area contributed by atoms with Gasteiger partial charge in [-0.1, -0.05) is 64.1 Å². The Hall–Kier alpha value is -1.65. The van der Waals surface area contributed by atoms with Crippen LogP contribution >= 0.6 is 21.6 Å². The monoisotopic (exact) mass is 300 g/mol. The number of rotatable bonds is 3. The smallest absolute Gasteiger partial charge is 0.344 e. The van der Waals surface area contributed by atoms with Gasteiger partial charge >= 0.3 is 5.63 Å². The first-order chi connectivity index (χ1) is 9.79. The molecule has 0 saturated carbocycles. The summed E-state index contributed by atoms with van der Waals surface area (Å²) in [7, 11) is 3.31. The summed E-state index contributed by atoms with van der Waals surface area (Å²) in [6.45, 7) is 0. The van der Waals surface area contributed by atoms with E-state index in [1.807, 2.05) is 60.9 Å². The van der Waals surface area contributed by atoms with Crippen molar-refractivity contribution in [2.75, 3.05) is 6.26 Å². The average Bonchev–Trinajstić information content (AvgIpc) is 2.63. The molecule has 0 bridgehead atoms. The predicted octanol–water partition coefficient (Wildman–Crippen LogP) is 4.78. The summed E-state index contributed by atoms with van der Waals surface area (Å²) >= 11 is 0. The van der Waals surface area contributed by atoms with Crippen LogP contribution in [0.1, 0.15) is 0 Å². The molecule has 1 aromatic rings. The van der Waals surface area contributed by atoms with E-state index in [0.717, 1.165) is 16.0 Å². The van der Waals surface area contributed by atoms with Gasteiger partial charge in [0.15, 0.2) is 0 Å². The highest BCUT2D eigenvalue weighted by Gasteiger charge is 2.18. The molecule has 1 aromatic carbocycles.